The van der Waals surface area contributed by atoms with Crippen LogP contribution in [0.3, 0.4) is 0 Å². The summed E-state index contributed by atoms with van der Waals surface area (Å²) in [5.74, 6) is 1.04. The van der Waals surface area contributed by atoms with Gasteiger partial charge in [0.2, 0.25) is 5.91 Å². The minimum absolute atomic E-state index is 0.194. The van der Waals surface area contributed by atoms with Gasteiger partial charge in [0.15, 0.2) is 0 Å². The van der Waals surface area contributed by atoms with Gasteiger partial charge in [0, 0.05) is 15.1 Å². The van der Waals surface area contributed by atoms with Crippen molar-refractivity contribution in [3.63, 3.8) is 0 Å². The maximum absolute atomic E-state index is 11.9. The number of aryl methyl sites for hydroxylation is 1. The van der Waals surface area contributed by atoms with Crippen LogP contribution < -0.4 is 5.43 Å². The Labute approximate surface area is 165 Å². The molecule has 0 saturated heterocycles. The molecule has 1 N–H and O–H groups in total. The summed E-state index contributed by atoms with van der Waals surface area (Å²) in [5.41, 5.74) is 5.31. The molecule has 3 rings (SSSR count). The smallest absolute Gasteiger partial charge is 0.244 e. The minimum atomic E-state index is -0.194. The molecule has 132 valence electrons. The van der Waals surface area contributed by atoms with E-state index in [9.17, 15) is 4.79 Å². The maximum Gasteiger partial charge on any atom is 0.244 e. The number of rotatable bonds is 5. The van der Waals surface area contributed by atoms with Crippen LogP contribution in [0.4, 0.5) is 0 Å². The van der Waals surface area contributed by atoms with Crippen LogP contribution in [-0.4, -0.2) is 12.1 Å². The molecule has 0 aliphatic heterocycles. The second-order valence-corrected chi connectivity index (χ2v) is 7.09. The van der Waals surface area contributed by atoms with Crippen LogP contribution >= 0.6 is 27.5 Å². The first-order chi connectivity index (χ1) is 12.5. The Kier molecular flexibility index (Phi) is 5.91. The largest absolute Gasteiger partial charge is 0.455 e. The molecule has 0 atom stereocenters. The number of nitrogens with one attached hydrogen (secondary N) is 1. The fourth-order valence-corrected chi connectivity index (χ4v) is 2.76. The molecular weight excluding hydrogens is 416 g/mol. The van der Waals surface area contributed by atoms with E-state index in [1.807, 2.05) is 55.5 Å². The highest BCUT2D eigenvalue weighted by molar-refractivity contribution is 9.10. The molecule has 0 aliphatic carbocycles. The van der Waals surface area contributed by atoms with Crippen LogP contribution in [0.5, 0.6) is 0 Å². The lowest BCUT2D eigenvalue weighted by atomic mass is 10.1. The average Bonchev–Trinajstić information content (AvgIpc) is 3.08. The Hall–Kier alpha value is -2.37. The van der Waals surface area contributed by atoms with Gasteiger partial charge in [0.1, 0.15) is 11.5 Å². The first kappa shape index (κ1) is 18.4. The van der Waals surface area contributed by atoms with Crippen LogP contribution in [0, 0.1) is 6.92 Å². The fourth-order valence-electron chi connectivity index (χ4n) is 2.32. The number of hydrogen-bond donors (Lipinski definition) is 1. The molecule has 2 aromatic carbocycles. The number of hydrogen-bond acceptors (Lipinski definition) is 3. The number of benzene rings is 2. The molecule has 0 spiro atoms. The Morgan fingerprint density at radius 3 is 2.69 bits per heavy atom. The number of carbonyl (C=O) groups is 1. The number of hydrazone groups is 1. The summed E-state index contributed by atoms with van der Waals surface area (Å²) in [6, 6.07) is 16.9. The van der Waals surface area contributed by atoms with Crippen LogP contribution in [-0.2, 0) is 11.2 Å². The highest BCUT2D eigenvalue weighted by Crippen LogP contribution is 2.26. The van der Waals surface area contributed by atoms with E-state index in [0.717, 1.165) is 21.2 Å². The maximum atomic E-state index is 11.9. The summed E-state index contributed by atoms with van der Waals surface area (Å²) in [5, 5.41) is 4.63. The van der Waals surface area contributed by atoms with E-state index in [1.165, 1.54) is 6.21 Å². The van der Waals surface area contributed by atoms with Crippen molar-refractivity contribution in [2.24, 2.45) is 5.10 Å². The summed E-state index contributed by atoms with van der Waals surface area (Å²) in [7, 11) is 0. The molecule has 3 aromatic rings. The Bertz CT molecular complexity index is 949. The summed E-state index contributed by atoms with van der Waals surface area (Å²) >= 11 is 9.51. The predicted octanol–water partition coefficient (Wildman–Crippen LogP) is 5.36. The highest BCUT2D eigenvalue weighted by Gasteiger charge is 2.06. The molecule has 4 nitrogen and oxygen atoms in total. The van der Waals surface area contributed by atoms with E-state index in [2.05, 4.69) is 26.5 Å². The van der Waals surface area contributed by atoms with Crippen molar-refractivity contribution in [2.45, 2.75) is 13.3 Å². The second kappa shape index (κ2) is 8.34. The number of carbonyl (C=O) groups excluding carboxylic acids is 1. The van der Waals surface area contributed by atoms with Crippen molar-refractivity contribution in [3.8, 4) is 11.3 Å². The van der Waals surface area contributed by atoms with Crippen LogP contribution in [0.2, 0.25) is 5.02 Å². The van der Waals surface area contributed by atoms with Gasteiger partial charge >= 0.3 is 0 Å². The molecule has 0 bridgehead atoms. The van der Waals surface area contributed by atoms with Gasteiger partial charge in [0.25, 0.3) is 0 Å². The zero-order valence-electron chi connectivity index (χ0n) is 14.0. The molecule has 1 aromatic heterocycles. The van der Waals surface area contributed by atoms with Gasteiger partial charge in [0.05, 0.1) is 12.6 Å². The molecular formula is C20H16BrClN2O2. The molecule has 0 saturated carbocycles. The molecule has 26 heavy (non-hydrogen) atoms. The molecule has 0 unspecified atom stereocenters. The van der Waals surface area contributed by atoms with Crippen LogP contribution in [0.15, 0.2) is 68.6 Å². The van der Waals surface area contributed by atoms with Gasteiger partial charge in [-0.3, -0.25) is 4.79 Å². The Morgan fingerprint density at radius 2 is 1.96 bits per heavy atom. The Morgan fingerprint density at radius 1 is 1.19 bits per heavy atom. The van der Waals surface area contributed by atoms with Crippen molar-refractivity contribution < 1.29 is 9.21 Å². The van der Waals surface area contributed by atoms with E-state index >= 15 is 0 Å². The van der Waals surface area contributed by atoms with Gasteiger partial charge in [-0.25, -0.2) is 5.43 Å². The van der Waals surface area contributed by atoms with Crippen molar-refractivity contribution in [3.05, 3.63) is 81.0 Å². The third kappa shape index (κ3) is 4.84. The molecule has 1 amide bonds. The zero-order valence-corrected chi connectivity index (χ0v) is 16.3. The molecule has 6 heteroatoms. The van der Waals surface area contributed by atoms with E-state index in [1.54, 1.807) is 6.07 Å². The SMILES string of the molecule is Cc1ccc(-c2ccc(C=NNC(=O)Cc3ccc(Br)cc3)o2)cc1Cl. The average molecular weight is 432 g/mol. The topological polar surface area (TPSA) is 54.6 Å². The van der Waals surface area contributed by atoms with Crippen LogP contribution in [0.25, 0.3) is 11.3 Å². The second-order valence-electron chi connectivity index (χ2n) is 5.76. The third-order valence-electron chi connectivity index (χ3n) is 3.74. The lowest BCUT2D eigenvalue weighted by Crippen LogP contribution is -2.19. The predicted molar refractivity (Wildman–Crippen MR) is 107 cm³/mol. The molecule has 0 radical (unpaired) electrons. The summed E-state index contributed by atoms with van der Waals surface area (Å²) in [6.07, 6.45) is 1.73. The normalized spacial score (nSPS) is 11.0. The van der Waals surface area contributed by atoms with Gasteiger partial charge in [-0.05, 0) is 48.4 Å². The lowest BCUT2D eigenvalue weighted by molar-refractivity contribution is -0.120. The third-order valence-corrected chi connectivity index (χ3v) is 4.68. The molecule has 0 fully saturated rings. The van der Waals surface area contributed by atoms with E-state index < -0.39 is 0 Å². The van der Waals surface area contributed by atoms with Crippen molar-refractivity contribution >= 4 is 39.7 Å². The van der Waals surface area contributed by atoms with Gasteiger partial charge in [-0.2, -0.15) is 5.10 Å². The zero-order chi connectivity index (χ0) is 18.5. The van der Waals surface area contributed by atoms with Crippen molar-refractivity contribution in [1.29, 1.82) is 0 Å². The highest BCUT2D eigenvalue weighted by atomic mass is 79.9. The van der Waals surface area contributed by atoms with E-state index in [4.69, 9.17) is 16.0 Å². The fraction of sp³-hybridized carbons (Fsp3) is 0.100. The molecule has 0 aliphatic rings. The minimum Gasteiger partial charge on any atom is -0.455 e. The summed E-state index contributed by atoms with van der Waals surface area (Å²) < 4.78 is 6.69. The Balaban J connectivity index is 1.59. The van der Waals surface area contributed by atoms with Gasteiger partial charge in [-0.15, -0.1) is 0 Å². The monoisotopic (exact) mass is 430 g/mol. The lowest BCUT2D eigenvalue weighted by Gasteiger charge is -2.01. The summed E-state index contributed by atoms with van der Waals surface area (Å²) in [6.45, 7) is 1.95. The van der Waals surface area contributed by atoms with E-state index in [0.29, 0.717) is 16.5 Å². The number of furan rings is 1. The van der Waals surface area contributed by atoms with Gasteiger partial charge in [-0.1, -0.05) is 51.8 Å². The van der Waals surface area contributed by atoms with Crippen molar-refractivity contribution in [2.75, 3.05) is 0 Å². The number of halogens is 2. The van der Waals surface area contributed by atoms with Gasteiger partial charge < -0.3 is 4.42 Å². The standard InChI is InChI=1S/C20H16BrClN2O2/c1-13-2-5-15(11-18(13)22)19-9-8-17(26-19)12-23-24-20(25)10-14-3-6-16(21)7-4-14/h2-9,11-12H,10H2,1H3,(H,24,25). The quantitative estimate of drug-likeness (QED) is 0.436. The first-order valence-corrected chi connectivity index (χ1v) is 9.11. The first-order valence-electron chi connectivity index (χ1n) is 7.94. The van der Waals surface area contributed by atoms with Crippen molar-refractivity contribution in [1.82, 2.24) is 5.43 Å². The van der Waals surface area contributed by atoms with E-state index in [-0.39, 0.29) is 12.3 Å². The number of nitrogens with zero attached hydrogens (tertiary/aromatic N) is 1. The summed E-state index contributed by atoms with van der Waals surface area (Å²) in [4.78, 5) is 11.9. The molecule has 1 heterocycles. The number of amides is 1. The van der Waals surface area contributed by atoms with Crippen LogP contribution in [0.1, 0.15) is 16.9 Å².